The number of hydrogen-bond acceptors (Lipinski definition) is 4. The van der Waals surface area contributed by atoms with Gasteiger partial charge in [0, 0.05) is 19.4 Å². The highest BCUT2D eigenvalue weighted by atomic mass is 35.5. The molecule has 7 heteroatoms. The van der Waals surface area contributed by atoms with Gasteiger partial charge in [-0.1, -0.05) is 11.6 Å². The van der Waals surface area contributed by atoms with E-state index >= 15 is 0 Å². The second kappa shape index (κ2) is 6.88. The van der Waals surface area contributed by atoms with Gasteiger partial charge in [-0.15, -0.1) is 0 Å². The van der Waals surface area contributed by atoms with Crippen LogP contribution >= 0.6 is 11.6 Å². The Bertz CT molecular complexity index is 529. The number of carbonyl (C=O) groups is 1. The van der Waals surface area contributed by atoms with Gasteiger partial charge in [0.1, 0.15) is 11.1 Å². The Morgan fingerprint density at radius 1 is 1.65 bits per heavy atom. The van der Waals surface area contributed by atoms with Crippen molar-refractivity contribution in [1.29, 1.82) is 0 Å². The van der Waals surface area contributed by atoms with Crippen molar-refractivity contribution in [2.75, 3.05) is 19.8 Å². The molecule has 6 nitrogen and oxygen atoms in total. The summed E-state index contributed by atoms with van der Waals surface area (Å²) in [6.45, 7) is 3.51. The van der Waals surface area contributed by atoms with Crippen LogP contribution in [-0.2, 0) is 9.47 Å². The van der Waals surface area contributed by atoms with Crippen LogP contribution in [0.4, 0.5) is 0 Å². The van der Waals surface area contributed by atoms with E-state index in [1.165, 1.54) is 12.3 Å². The summed E-state index contributed by atoms with van der Waals surface area (Å²) in [7, 11) is 0. The molecule has 1 aromatic heterocycles. The summed E-state index contributed by atoms with van der Waals surface area (Å²) in [5, 5.41) is 2.88. The van der Waals surface area contributed by atoms with E-state index in [1.807, 2.05) is 6.92 Å². The molecule has 0 aliphatic carbocycles. The third kappa shape index (κ3) is 3.59. The van der Waals surface area contributed by atoms with Crippen LogP contribution in [0.25, 0.3) is 0 Å². The van der Waals surface area contributed by atoms with E-state index in [9.17, 15) is 9.59 Å². The molecule has 1 aliphatic heterocycles. The molecule has 20 heavy (non-hydrogen) atoms. The number of aromatic amines is 1. The number of carbonyl (C=O) groups excluding carboxylic acids is 1. The fourth-order valence-corrected chi connectivity index (χ4v) is 2.27. The lowest BCUT2D eigenvalue weighted by Crippen LogP contribution is -2.50. The second-order valence-electron chi connectivity index (χ2n) is 4.50. The van der Waals surface area contributed by atoms with Gasteiger partial charge >= 0.3 is 0 Å². The average molecular weight is 301 g/mol. The first-order chi connectivity index (χ1) is 9.61. The highest BCUT2D eigenvalue weighted by Crippen LogP contribution is 2.13. The van der Waals surface area contributed by atoms with Crippen LogP contribution in [0.15, 0.2) is 17.1 Å². The summed E-state index contributed by atoms with van der Waals surface area (Å²) >= 11 is 5.71. The Labute approximate surface area is 121 Å². The van der Waals surface area contributed by atoms with E-state index in [0.29, 0.717) is 31.8 Å². The standard InChI is InChI=1S/C13H17ClN2O4/c1-2-20-11-7-19-4-3-10(11)16-12(17)8-5-9(14)13(18)15-6-8/h5-6,10-11H,2-4,7H2,1H3,(H,15,18)(H,16,17)/t10-,11-/m1/s1. The van der Waals surface area contributed by atoms with E-state index in [1.54, 1.807) is 0 Å². The summed E-state index contributed by atoms with van der Waals surface area (Å²) in [5.41, 5.74) is -0.0992. The van der Waals surface area contributed by atoms with Crippen molar-refractivity contribution < 1.29 is 14.3 Å². The maximum atomic E-state index is 12.1. The summed E-state index contributed by atoms with van der Waals surface area (Å²) < 4.78 is 10.9. The first kappa shape index (κ1) is 15.0. The number of ether oxygens (including phenoxy) is 2. The molecule has 2 rings (SSSR count). The van der Waals surface area contributed by atoms with E-state index < -0.39 is 5.56 Å². The largest absolute Gasteiger partial charge is 0.379 e. The molecule has 0 spiro atoms. The summed E-state index contributed by atoms with van der Waals surface area (Å²) in [4.78, 5) is 25.7. The quantitative estimate of drug-likeness (QED) is 0.867. The van der Waals surface area contributed by atoms with E-state index in [0.717, 1.165) is 0 Å². The number of nitrogens with one attached hydrogen (secondary N) is 2. The van der Waals surface area contributed by atoms with Crippen LogP contribution in [0.1, 0.15) is 23.7 Å². The maximum absolute atomic E-state index is 12.1. The minimum atomic E-state index is -0.415. The van der Waals surface area contributed by atoms with Gasteiger partial charge < -0.3 is 19.8 Å². The zero-order chi connectivity index (χ0) is 14.5. The van der Waals surface area contributed by atoms with Crippen molar-refractivity contribution in [3.8, 4) is 0 Å². The van der Waals surface area contributed by atoms with Gasteiger partial charge in [-0.05, 0) is 19.4 Å². The molecule has 2 N–H and O–H groups in total. The lowest BCUT2D eigenvalue weighted by atomic mass is 10.1. The van der Waals surface area contributed by atoms with Crippen LogP contribution in [-0.4, -0.2) is 42.9 Å². The molecule has 0 radical (unpaired) electrons. The zero-order valence-electron chi connectivity index (χ0n) is 11.1. The molecular formula is C13H17ClN2O4. The predicted octanol–water partition coefficient (Wildman–Crippen LogP) is 0.952. The molecule has 1 saturated heterocycles. The van der Waals surface area contributed by atoms with Gasteiger partial charge in [-0.2, -0.15) is 0 Å². The fourth-order valence-electron chi connectivity index (χ4n) is 2.09. The van der Waals surface area contributed by atoms with Crippen molar-refractivity contribution in [2.45, 2.75) is 25.5 Å². The molecule has 110 valence electrons. The molecule has 2 heterocycles. The molecule has 1 aromatic rings. The number of amides is 1. The first-order valence-corrected chi connectivity index (χ1v) is 6.88. The van der Waals surface area contributed by atoms with Crippen LogP contribution in [0.5, 0.6) is 0 Å². The Morgan fingerprint density at radius 2 is 2.45 bits per heavy atom. The first-order valence-electron chi connectivity index (χ1n) is 6.50. The summed E-state index contributed by atoms with van der Waals surface area (Å²) in [5.74, 6) is -0.292. The van der Waals surface area contributed by atoms with Crippen LogP contribution in [0.2, 0.25) is 5.02 Å². The number of rotatable bonds is 4. The third-order valence-corrected chi connectivity index (χ3v) is 3.40. The average Bonchev–Trinajstić information content (AvgIpc) is 2.44. The van der Waals surface area contributed by atoms with Gasteiger partial charge in [-0.3, -0.25) is 9.59 Å². The van der Waals surface area contributed by atoms with E-state index in [4.69, 9.17) is 21.1 Å². The van der Waals surface area contributed by atoms with Gasteiger partial charge in [0.25, 0.3) is 11.5 Å². The summed E-state index contributed by atoms with van der Waals surface area (Å²) in [6.07, 6.45) is 1.88. The van der Waals surface area contributed by atoms with Crippen molar-refractivity contribution >= 4 is 17.5 Å². The Morgan fingerprint density at radius 3 is 3.15 bits per heavy atom. The van der Waals surface area contributed by atoms with Crippen molar-refractivity contribution in [3.63, 3.8) is 0 Å². The Hall–Kier alpha value is -1.37. The number of pyridine rings is 1. The molecule has 0 saturated carbocycles. The molecule has 1 aliphatic rings. The van der Waals surface area contributed by atoms with Crippen molar-refractivity contribution in [3.05, 3.63) is 33.2 Å². The van der Waals surface area contributed by atoms with E-state index in [-0.39, 0.29) is 23.1 Å². The number of H-pyrrole nitrogens is 1. The number of halogens is 1. The minimum Gasteiger partial charge on any atom is -0.379 e. The minimum absolute atomic E-state index is 0.00835. The van der Waals surface area contributed by atoms with Gasteiger partial charge in [0.05, 0.1) is 18.2 Å². The maximum Gasteiger partial charge on any atom is 0.266 e. The third-order valence-electron chi connectivity index (χ3n) is 3.12. The SMILES string of the molecule is CCO[C@@H]1COCC[C@H]1NC(=O)c1c[nH]c(=O)c(Cl)c1. The second-order valence-corrected chi connectivity index (χ2v) is 4.91. The Balaban J connectivity index is 2.05. The van der Waals surface area contributed by atoms with Crippen molar-refractivity contribution in [2.24, 2.45) is 0 Å². The van der Waals surface area contributed by atoms with Gasteiger partial charge in [0.15, 0.2) is 0 Å². The summed E-state index contributed by atoms with van der Waals surface area (Å²) in [6, 6.07) is 1.24. The Kier molecular flexibility index (Phi) is 5.17. The molecule has 1 fully saturated rings. The van der Waals surface area contributed by atoms with Crippen molar-refractivity contribution in [1.82, 2.24) is 10.3 Å². The smallest absolute Gasteiger partial charge is 0.266 e. The molecule has 0 unspecified atom stereocenters. The number of aromatic nitrogens is 1. The van der Waals surface area contributed by atoms with Crippen LogP contribution in [0, 0.1) is 0 Å². The molecular weight excluding hydrogens is 284 g/mol. The number of hydrogen-bond donors (Lipinski definition) is 2. The van der Waals surface area contributed by atoms with Gasteiger partial charge in [0.2, 0.25) is 0 Å². The topological polar surface area (TPSA) is 80.4 Å². The lowest BCUT2D eigenvalue weighted by Gasteiger charge is -2.31. The molecule has 1 amide bonds. The highest BCUT2D eigenvalue weighted by Gasteiger charge is 2.28. The normalized spacial score (nSPS) is 22.5. The monoisotopic (exact) mass is 300 g/mol. The molecule has 0 aromatic carbocycles. The zero-order valence-corrected chi connectivity index (χ0v) is 11.9. The van der Waals surface area contributed by atoms with Crippen LogP contribution < -0.4 is 10.9 Å². The molecule has 0 bridgehead atoms. The lowest BCUT2D eigenvalue weighted by molar-refractivity contribution is -0.0632. The predicted molar refractivity (Wildman–Crippen MR) is 74.2 cm³/mol. The van der Waals surface area contributed by atoms with Gasteiger partial charge in [-0.25, -0.2) is 0 Å². The fraction of sp³-hybridized carbons (Fsp3) is 0.538. The van der Waals surface area contributed by atoms with Crippen LogP contribution in [0.3, 0.4) is 0 Å². The highest BCUT2D eigenvalue weighted by molar-refractivity contribution is 6.30. The van der Waals surface area contributed by atoms with E-state index in [2.05, 4.69) is 10.3 Å². The molecule has 2 atom stereocenters.